The summed E-state index contributed by atoms with van der Waals surface area (Å²) in [6, 6.07) is 12.9. The normalized spacial score (nSPS) is 13.1. The molecule has 39 heavy (non-hydrogen) atoms. The molecule has 0 aromatic heterocycles. The minimum absolute atomic E-state index is 0.0154. The lowest BCUT2D eigenvalue weighted by Crippen LogP contribution is -2.26. The number of ether oxygens (including phenoxy) is 1. The molecule has 0 saturated heterocycles. The summed E-state index contributed by atoms with van der Waals surface area (Å²) < 4.78 is 94.1. The van der Waals surface area contributed by atoms with Crippen molar-refractivity contribution in [3.05, 3.63) is 76.3 Å². The highest BCUT2D eigenvalue weighted by Crippen LogP contribution is 2.43. The van der Waals surface area contributed by atoms with E-state index in [4.69, 9.17) is 27.4 Å². The molecule has 15 heteroatoms. The highest BCUT2D eigenvalue weighted by atomic mass is 35.5. The van der Waals surface area contributed by atoms with Crippen molar-refractivity contribution in [3.63, 3.8) is 0 Å². The molecule has 3 aromatic rings. The minimum Gasteiger partial charge on any atom is -0.405 e. The molecule has 1 amide bonds. The number of amides is 1. The Morgan fingerprint density at radius 2 is 1.51 bits per heavy atom. The van der Waals surface area contributed by atoms with E-state index < -0.39 is 50.5 Å². The van der Waals surface area contributed by atoms with Crippen LogP contribution in [0.25, 0.3) is 11.1 Å². The Bertz CT molecular complexity index is 1570. The molecule has 0 spiro atoms. The summed E-state index contributed by atoms with van der Waals surface area (Å²) in [4.78, 5) is 13.1. The number of para-hydroxylation sites is 1. The van der Waals surface area contributed by atoms with E-state index in [9.17, 15) is 34.8 Å². The standard InChI is InChI=1S/C24H20Cl2F3NO7S2/c1-38(32,33)16-9-7-14(8-10-16)18(13-36-39(2,34)35)23(31)30-15-11-19(25)22(20(26)12-15)17-5-3-4-6-21(17)37-24(27,28)29/h3-12,18H,13H2,1-2H3,(H,30,31). The maximum absolute atomic E-state index is 13.2. The number of alkyl halides is 3. The zero-order valence-corrected chi connectivity index (χ0v) is 23.3. The Balaban J connectivity index is 1.94. The van der Waals surface area contributed by atoms with E-state index in [1.165, 1.54) is 54.6 Å². The molecule has 0 saturated carbocycles. The number of halogens is 5. The predicted molar refractivity (Wildman–Crippen MR) is 140 cm³/mol. The molecule has 3 rings (SSSR count). The molecule has 3 aromatic carbocycles. The Hall–Kier alpha value is -2.84. The fourth-order valence-corrected chi connectivity index (χ4v) is 5.19. The van der Waals surface area contributed by atoms with Crippen LogP contribution >= 0.6 is 23.2 Å². The Kier molecular flexibility index (Phi) is 9.23. The number of sulfone groups is 1. The average molecular weight is 626 g/mol. The molecular weight excluding hydrogens is 606 g/mol. The van der Waals surface area contributed by atoms with Gasteiger partial charge in [-0.3, -0.25) is 8.98 Å². The Morgan fingerprint density at radius 1 is 0.949 bits per heavy atom. The van der Waals surface area contributed by atoms with Crippen LogP contribution in [0.15, 0.2) is 65.6 Å². The molecule has 1 unspecified atom stereocenters. The summed E-state index contributed by atoms with van der Waals surface area (Å²) in [5.74, 6) is -2.51. The maximum atomic E-state index is 13.2. The van der Waals surface area contributed by atoms with Gasteiger partial charge in [-0.2, -0.15) is 8.42 Å². The van der Waals surface area contributed by atoms with Gasteiger partial charge in [0.2, 0.25) is 5.91 Å². The summed E-state index contributed by atoms with van der Waals surface area (Å²) >= 11 is 12.7. The van der Waals surface area contributed by atoms with Crippen molar-refractivity contribution < 1.29 is 43.7 Å². The van der Waals surface area contributed by atoms with E-state index in [1.54, 1.807) is 0 Å². The van der Waals surface area contributed by atoms with Crippen LogP contribution in [0.2, 0.25) is 10.0 Å². The van der Waals surface area contributed by atoms with Crippen molar-refractivity contribution >= 4 is 54.8 Å². The van der Waals surface area contributed by atoms with Crippen LogP contribution in [0.5, 0.6) is 5.75 Å². The van der Waals surface area contributed by atoms with Crippen LogP contribution in [0.1, 0.15) is 11.5 Å². The van der Waals surface area contributed by atoms with Crippen molar-refractivity contribution in [3.8, 4) is 16.9 Å². The van der Waals surface area contributed by atoms with E-state index in [-0.39, 0.29) is 37.3 Å². The number of carbonyl (C=O) groups is 1. The van der Waals surface area contributed by atoms with Gasteiger partial charge in [-0.25, -0.2) is 8.42 Å². The number of rotatable bonds is 9. The summed E-state index contributed by atoms with van der Waals surface area (Å²) in [6.07, 6.45) is -3.16. The van der Waals surface area contributed by atoms with Gasteiger partial charge in [-0.15, -0.1) is 13.2 Å². The highest BCUT2D eigenvalue weighted by molar-refractivity contribution is 7.90. The van der Waals surface area contributed by atoms with Crippen LogP contribution in [-0.4, -0.2) is 48.2 Å². The molecule has 1 atom stereocenters. The summed E-state index contributed by atoms with van der Waals surface area (Å²) in [7, 11) is -7.47. The van der Waals surface area contributed by atoms with Crippen molar-refractivity contribution in [2.75, 3.05) is 24.4 Å². The van der Waals surface area contributed by atoms with Crippen LogP contribution in [0.4, 0.5) is 18.9 Å². The van der Waals surface area contributed by atoms with E-state index in [0.29, 0.717) is 0 Å². The molecule has 210 valence electrons. The molecule has 0 fully saturated rings. The minimum atomic E-state index is -4.97. The number of benzene rings is 3. The zero-order chi connectivity index (χ0) is 29.2. The van der Waals surface area contributed by atoms with Gasteiger partial charge in [0.05, 0.1) is 33.7 Å². The van der Waals surface area contributed by atoms with Crippen molar-refractivity contribution in [2.24, 2.45) is 0 Å². The molecule has 1 N–H and O–H groups in total. The van der Waals surface area contributed by atoms with Crippen LogP contribution in [-0.2, 0) is 28.9 Å². The molecule has 0 radical (unpaired) electrons. The summed E-state index contributed by atoms with van der Waals surface area (Å²) in [6.45, 7) is -0.607. The van der Waals surface area contributed by atoms with Gasteiger partial charge in [-0.05, 0) is 35.9 Å². The lowest BCUT2D eigenvalue weighted by atomic mass is 9.99. The van der Waals surface area contributed by atoms with E-state index >= 15 is 0 Å². The lowest BCUT2D eigenvalue weighted by molar-refractivity contribution is -0.274. The predicted octanol–water partition coefficient (Wildman–Crippen LogP) is 5.66. The van der Waals surface area contributed by atoms with Crippen molar-refractivity contribution in [2.45, 2.75) is 17.2 Å². The zero-order valence-electron chi connectivity index (χ0n) is 20.1. The second kappa shape index (κ2) is 11.7. The van der Waals surface area contributed by atoms with Gasteiger partial charge >= 0.3 is 6.36 Å². The van der Waals surface area contributed by atoms with Crippen LogP contribution in [0, 0.1) is 0 Å². The first-order valence-corrected chi connectivity index (χ1v) is 15.2. The molecule has 0 aliphatic rings. The number of hydrogen-bond donors (Lipinski definition) is 1. The SMILES string of the molecule is CS(=O)(=O)OCC(C(=O)Nc1cc(Cl)c(-c2ccccc2OC(F)(F)F)c(Cl)c1)c1ccc(S(C)(=O)=O)cc1. The van der Waals surface area contributed by atoms with Gasteiger partial charge in [0.1, 0.15) is 5.75 Å². The average Bonchev–Trinajstić information content (AvgIpc) is 2.78. The third kappa shape index (κ3) is 8.57. The third-order valence-electron chi connectivity index (χ3n) is 5.17. The number of carbonyl (C=O) groups excluding carboxylic acids is 1. The van der Waals surface area contributed by atoms with E-state index in [2.05, 4.69) is 10.1 Å². The topological polar surface area (TPSA) is 116 Å². The molecule has 8 nitrogen and oxygen atoms in total. The van der Waals surface area contributed by atoms with Crippen LogP contribution < -0.4 is 10.1 Å². The van der Waals surface area contributed by atoms with Crippen molar-refractivity contribution in [1.29, 1.82) is 0 Å². The third-order valence-corrected chi connectivity index (χ3v) is 7.46. The highest BCUT2D eigenvalue weighted by Gasteiger charge is 2.33. The summed E-state index contributed by atoms with van der Waals surface area (Å²) in [5.41, 5.74) is 0.262. The molecule has 0 aliphatic heterocycles. The number of anilines is 1. The second-order valence-corrected chi connectivity index (χ2v) is 12.7. The van der Waals surface area contributed by atoms with Crippen LogP contribution in [0.3, 0.4) is 0 Å². The second-order valence-electron chi connectivity index (χ2n) is 8.23. The molecular formula is C24H20Cl2F3NO7S2. The van der Waals surface area contributed by atoms with E-state index in [0.717, 1.165) is 18.6 Å². The molecule has 0 aliphatic carbocycles. The fourth-order valence-electron chi connectivity index (χ4n) is 3.48. The van der Waals surface area contributed by atoms with Gasteiger partial charge in [0, 0.05) is 23.1 Å². The number of hydrogen-bond acceptors (Lipinski definition) is 7. The first kappa shape index (κ1) is 30.7. The van der Waals surface area contributed by atoms with Crippen molar-refractivity contribution in [1.82, 2.24) is 0 Å². The van der Waals surface area contributed by atoms with Gasteiger partial charge in [-0.1, -0.05) is 53.5 Å². The quantitative estimate of drug-likeness (QED) is 0.305. The first-order chi connectivity index (χ1) is 17.9. The Labute approximate surface area is 232 Å². The maximum Gasteiger partial charge on any atom is 0.573 e. The van der Waals surface area contributed by atoms with Gasteiger partial charge in [0.25, 0.3) is 10.1 Å². The monoisotopic (exact) mass is 625 g/mol. The Morgan fingerprint density at radius 3 is 2.03 bits per heavy atom. The number of nitrogens with one attached hydrogen (secondary N) is 1. The van der Waals surface area contributed by atoms with Gasteiger partial charge < -0.3 is 10.1 Å². The smallest absolute Gasteiger partial charge is 0.405 e. The largest absolute Gasteiger partial charge is 0.573 e. The molecule has 0 heterocycles. The fraction of sp³-hybridized carbons (Fsp3) is 0.208. The molecule has 0 bridgehead atoms. The lowest BCUT2D eigenvalue weighted by Gasteiger charge is -2.19. The first-order valence-electron chi connectivity index (χ1n) is 10.7. The van der Waals surface area contributed by atoms with E-state index in [1.807, 2.05) is 0 Å². The summed E-state index contributed by atoms with van der Waals surface area (Å²) in [5, 5.41) is 2.30. The van der Waals surface area contributed by atoms with Gasteiger partial charge in [0.15, 0.2) is 9.84 Å².